The molecule has 0 bridgehead atoms. The lowest BCUT2D eigenvalue weighted by molar-refractivity contribution is -0.870. The number of aliphatic hydroxyl groups is 1. The van der Waals surface area contributed by atoms with Gasteiger partial charge in [-0.3, -0.25) is 0 Å². The van der Waals surface area contributed by atoms with Crippen LogP contribution in [0, 0.1) is 0 Å². The van der Waals surface area contributed by atoms with Crippen LogP contribution in [-0.4, -0.2) is 50.4 Å². The fraction of sp³-hybridized carbons (Fsp3) is 1.00. The molecular weight excluding hydrogens is 312 g/mol. The van der Waals surface area contributed by atoms with Crippen LogP contribution in [0.4, 0.5) is 0 Å². The van der Waals surface area contributed by atoms with E-state index >= 15 is 0 Å². The summed E-state index contributed by atoms with van der Waals surface area (Å²) in [6, 6.07) is 0. The number of likely N-dealkylation sites (N-methyl/N-ethyl adjacent to an activating group) is 1. The molecule has 0 aromatic carbocycles. The van der Waals surface area contributed by atoms with Crippen LogP contribution in [0.2, 0.25) is 0 Å². The van der Waals surface area contributed by atoms with Gasteiger partial charge in [-0.15, -0.1) is 17.0 Å². The van der Waals surface area contributed by atoms with Gasteiger partial charge in [-0.2, -0.15) is 0 Å². The lowest BCUT2D eigenvalue weighted by Gasteiger charge is -2.21. The predicted molar refractivity (Wildman–Crippen MR) is 64.3 cm³/mol. The number of halogens is 2. The van der Waals surface area contributed by atoms with Crippen LogP contribution in [0.25, 0.3) is 0 Å². The molecule has 0 amide bonds. The molecule has 0 rings (SSSR count). The van der Waals surface area contributed by atoms with Crippen molar-refractivity contribution in [1.29, 1.82) is 0 Å². The molecule has 0 aliphatic rings. The second-order valence-electron chi connectivity index (χ2n) is 3.88. The molecule has 0 radical (unpaired) electrons. The van der Waals surface area contributed by atoms with Crippen LogP contribution in [0.5, 0.6) is 0 Å². The van der Waals surface area contributed by atoms with Crippen molar-refractivity contribution in [3.63, 3.8) is 0 Å². The van der Waals surface area contributed by atoms with Crippen molar-refractivity contribution in [3.8, 4) is 0 Å². The molecule has 0 aliphatic heterocycles. The highest BCUT2D eigenvalue weighted by Gasteiger charge is 2.02. The summed E-state index contributed by atoms with van der Waals surface area (Å²) in [4.78, 5) is 0. The second kappa shape index (κ2) is 16.3. The highest BCUT2D eigenvalue weighted by Crippen LogP contribution is 1.84. The van der Waals surface area contributed by atoms with Crippen molar-refractivity contribution in [2.45, 2.75) is 19.8 Å². The van der Waals surface area contributed by atoms with E-state index in [9.17, 15) is 0 Å². The molecule has 0 fully saturated rings. The van der Waals surface area contributed by atoms with Crippen LogP contribution in [-0.2, 0) is 0 Å². The van der Waals surface area contributed by atoms with Crippen LogP contribution in [0.15, 0.2) is 0 Å². The van der Waals surface area contributed by atoms with Gasteiger partial charge in [0.05, 0.1) is 27.7 Å². The summed E-state index contributed by atoms with van der Waals surface area (Å²) in [5, 5.41) is 8.39. The quantitative estimate of drug-likeness (QED) is 0.584. The minimum absolute atomic E-state index is 0. The van der Waals surface area contributed by atoms with Gasteiger partial charge in [0.1, 0.15) is 6.54 Å². The van der Waals surface area contributed by atoms with Crippen molar-refractivity contribution < 1.29 is 26.6 Å². The van der Waals surface area contributed by atoms with Crippen molar-refractivity contribution in [3.05, 3.63) is 0 Å². The van der Waals surface area contributed by atoms with Gasteiger partial charge < -0.3 is 32.3 Å². The van der Waals surface area contributed by atoms with Crippen molar-refractivity contribution in [2.75, 3.05) is 40.8 Å². The first-order valence-corrected chi connectivity index (χ1v) is 4.59. The average molecular weight is 338 g/mol. The molecular formula is C9H26Br2N2O. The summed E-state index contributed by atoms with van der Waals surface area (Å²) in [6.45, 7) is 4.09. The van der Waals surface area contributed by atoms with E-state index in [0.717, 1.165) is 17.6 Å². The van der Waals surface area contributed by atoms with E-state index in [-0.39, 0.29) is 40.6 Å². The largest absolute Gasteiger partial charge is 1.00 e. The maximum absolute atomic E-state index is 8.39. The first-order chi connectivity index (χ1) is 5.47. The van der Waals surface area contributed by atoms with Crippen LogP contribution in [0.1, 0.15) is 19.8 Å². The van der Waals surface area contributed by atoms with E-state index < -0.39 is 0 Å². The zero-order valence-electron chi connectivity index (χ0n) is 9.79. The molecule has 3 nitrogen and oxygen atoms in total. The Labute approximate surface area is 110 Å². The highest BCUT2D eigenvalue weighted by atomic mass is 79.9. The van der Waals surface area contributed by atoms with E-state index in [1.165, 1.54) is 12.8 Å². The summed E-state index contributed by atoms with van der Waals surface area (Å²) in [5.74, 6) is 0. The smallest absolute Gasteiger partial charge is 0.101 e. The predicted octanol–water partition coefficient (Wildman–Crippen LogP) is -1.99. The van der Waals surface area contributed by atoms with Gasteiger partial charge in [0.25, 0.3) is 0 Å². The molecule has 0 aliphatic carbocycles. The fourth-order valence-electron chi connectivity index (χ4n) is 0.504. The third kappa shape index (κ3) is 38.5. The van der Waals surface area contributed by atoms with E-state index in [2.05, 4.69) is 28.1 Å². The van der Waals surface area contributed by atoms with Crippen LogP contribution < -0.4 is 22.7 Å². The number of rotatable bonds is 4. The third-order valence-corrected chi connectivity index (χ3v) is 1.33. The molecule has 0 heterocycles. The van der Waals surface area contributed by atoms with Crippen LogP contribution >= 0.6 is 17.0 Å². The molecule has 0 unspecified atom stereocenters. The first kappa shape index (κ1) is 24.2. The summed E-state index contributed by atoms with van der Waals surface area (Å²) < 4.78 is 0.844. The van der Waals surface area contributed by atoms with E-state index in [4.69, 9.17) is 10.8 Å². The molecule has 92 valence electrons. The Bertz CT molecular complexity index is 85.4. The monoisotopic (exact) mass is 336 g/mol. The first-order valence-electron chi connectivity index (χ1n) is 4.59. The minimum atomic E-state index is 0. The summed E-state index contributed by atoms with van der Waals surface area (Å²) in [5.41, 5.74) is 5.14. The van der Waals surface area contributed by atoms with Crippen molar-refractivity contribution >= 4 is 17.0 Å². The normalized spacial score (nSPS) is 9.00. The number of nitrogens with two attached hydrogens (primary N) is 1. The minimum Gasteiger partial charge on any atom is -1.00 e. The number of nitrogens with zero attached hydrogens (tertiary/aromatic N) is 1. The zero-order chi connectivity index (χ0) is 10.0. The number of unbranched alkanes of at least 4 members (excludes halogenated alkanes) is 1. The Morgan fingerprint density at radius 3 is 1.64 bits per heavy atom. The van der Waals surface area contributed by atoms with Gasteiger partial charge in [-0.25, -0.2) is 0 Å². The van der Waals surface area contributed by atoms with Gasteiger partial charge in [-0.05, 0) is 13.0 Å². The van der Waals surface area contributed by atoms with Crippen LogP contribution in [0.3, 0.4) is 0 Å². The number of quaternary nitrogens is 1. The lowest BCUT2D eigenvalue weighted by Crippen LogP contribution is -3.00. The molecule has 5 heteroatoms. The number of hydrogen-bond acceptors (Lipinski definition) is 2. The maximum atomic E-state index is 8.39. The Morgan fingerprint density at radius 1 is 1.21 bits per heavy atom. The molecule has 3 N–H and O–H groups in total. The Morgan fingerprint density at radius 2 is 1.64 bits per heavy atom. The standard InChI is InChI=1S/C5H14NO.C4H11N.2BrH/c1-6(2,3)4-5-7;1-2-3-4-5;;/h7H,4-5H2,1-3H3;2-5H2,1H3;2*1H/q+1;;;/p-1. The van der Waals surface area contributed by atoms with Crippen molar-refractivity contribution in [1.82, 2.24) is 0 Å². The molecule has 0 aromatic rings. The van der Waals surface area contributed by atoms with Gasteiger partial charge in [0.15, 0.2) is 0 Å². The topological polar surface area (TPSA) is 46.2 Å². The molecule has 0 aromatic heterocycles. The Balaban J connectivity index is -0.0000000651. The number of hydrogen-bond donors (Lipinski definition) is 2. The van der Waals surface area contributed by atoms with Gasteiger partial charge in [0, 0.05) is 0 Å². The second-order valence-corrected chi connectivity index (χ2v) is 3.88. The summed E-state index contributed by atoms with van der Waals surface area (Å²) >= 11 is 0. The molecule has 14 heavy (non-hydrogen) atoms. The van der Waals surface area contributed by atoms with Gasteiger partial charge in [0.2, 0.25) is 0 Å². The molecule has 0 saturated carbocycles. The summed E-state index contributed by atoms with van der Waals surface area (Å²) in [6.07, 6.45) is 2.39. The number of aliphatic hydroxyl groups excluding tert-OH is 1. The third-order valence-electron chi connectivity index (χ3n) is 1.33. The van der Waals surface area contributed by atoms with Gasteiger partial charge in [-0.1, -0.05) is 13.3 Å². The Hall–Kier alpha value is 0.840. The fourth-order valence-corrected chi connectivity index (χ4v) is 0.504. The highest BCUT2D eigenvalue weighted by molar-refractivity contribution is 8.93. The van der Waals surface area contributed by atoms with E-state index in [0.29, 0.717) is 0 Å². The van der Waals surface area contributed by atoms with Gasteiger partial charge >= 0.3 is 0 Å². The molecule has 0 saturated heterocycles. The Kier molecular flexibility index (Phi) is 28.1. The van der Waals surface area contributed by atoms with Crippen molar-refractivity contribution in [2.24, 2.45) is 5.73 Å². The lowest BCUT2D eigenvalue weighted by atomic mass is 10.3. The maximum Gasteiger partial charge on any atom is 0.101 e. The molecule has 0 atom stereocenters. The average Bonchev–Trinajstić information content (AvgIpc) is 1.87. The summed E-state index contributed by atoms with van der Waals surface area (Å²) in [7, 11) is 6.16. The SMILES string of the molecule is Br.CCCCN.C[N+](C)(C)CCO.[Br-]. The molecule has 0 spiro atoms. The van der Waals surface area contributed by atoms with E-state index in [1.54, 1.807) is 0 Å². The van der Waals surface area contributed by atoms with E-state index in [1.807, 2.05) is 0 Å². The zero-order valence-corrected chi connectivity index (χ0v) is 13.1.